The average Bonchev–Trinajstić information content (AvgIpc) is 2.92. The molecule has 2 N–H and O–H groups in total. The number of anilines is 2. The fourth-order valence-electron chi connectivity index (χ4n) is 5.54. The lowest BCUT2D eigenvalue weighted by Crippen LogP contribution is -2.44. The molecule has 0 atom stereocenters. The topological polar surface area (TPSA) is 90.8 Å². The van der Waals surface area contributed by atoms with E-state index in [-0.39, 0.29) is 23.1 Å². The molecule has 0 radical (unpaired) electrons. The molecular weight excluding hydrogens is 535 g/mol. The van der Waals surface area contributed by atoms with Crippen molar-refractivity contribution in [2.45, 2.75) is 76.6 Å². The molecule has 1 amide bonds. The van der Waals surface area contributed by atoms with Crippen molar-refractivity contribution in [1.29, 1.82) is 0 Å². The van der Waals surface area contributed by atoms with Crippen molar-refractivity contribution >= 4 is 23.0 Å². The van der Waals surface area contributed by atoms with Crippen LogP contribution in [0.4, 0.5) is 30.2 Å². The number of carbonyl (C=O) groups is 1. The van der Waals surface area contributed by atoms with E-state index < -0.39 is 22.4 Å². The third-order valence-electron chi connectivity index (χ3n) is 8.07. The molecule has 0 saturated carbocycles. The Morgan fingerprint density at radius 3 is 1.98 bits per heavy atom. The SMILES string of the molecule is CC(C)(C)c1ccc(NC2CCN(CCC(=O)N3CCC(Nc4ccc([N+](=O)[O-])c(C(F)(F)F)c4)CC3)CC2)cc1. The lowest BCUT2D eigenvalue weighted by atomic mass is 9.87. The molecule has 2 aromatic rings. The summed E-state index contributed by atoms with van der Waals surface area (Å²) < 4.78 is 39.9. The number of nitro benzene ring substituents is 1. The van der Waals surface area contributed by atoms with Crippen molar-refractivity contribution in [3.63, 3.8) is 0 Å². The van der Waals surface area contributed by atoms with Crippen molar-refractivity contribution in [3.05, 3.63) is 63.7 Å². The third-order valence-corrected chi connectivity index (χ3v) is 8.07. The van der Waals surface area contributed by atoms with Gasteiger partial charge in [0.2, 0.25) is 5.91 Å². The summed E-state index contributed by atoms with van der Waals surface area (Å²) in [4.78, 5) is 27.0. The molecule has 2 saturated heterocycles. The van der Waals surface area contributed by atoms with E-state index in [0.717, 1.165) is 43.8 Å². The van der Waals surface area contributed by atoms with E-state index >= 15 is 0 Å². The van der Waals surface area contributed by atoms with E-state index in [2.05, 4.69) is 60.6 Å². The molecule has 0 spiro atoms. The van der Waals surface area contributed by atoms with Gasteiger partial charge in [-0.15, -0.1) is 0 Å². The van der Waals surface area contributed by atoms with Gasteiger partial charge in [-0.1, -0.05) is 32.9 Å². The Balaban J connectivity index is 1.17. The number of nitro groups is 1. The van der Waals surface area contributed by atoms with E-state index in [1.807, 2.05) is 4.90 Å². The highest BCUT2D eigenvalue weighted by atomic mass is 19.4. The van der Waals surface area contributed by atoms with Crippen LogP contribution in [0.2, 0.25) is 0 Å². The maximum atomic E-state index is 13.3. The van der Waals surface area contributed by atoms with Crippen molar-refractivity contribution in [1.82, 2.24) is 9.80 Å². The number of likely N-dealkylation sites (tertiary alicyclic amines) is 2. The second-order valence-electron chi connectivity index (χ2n) is 12.1. The average molecular weight is 576 g/mol. The summed E-state index contributed by atoms with van der Waals surface area (Å²) in [6, 6.07) is 11.9. The first-order valence-corrected chi connectivity index (χ1v) is 14.3. The molecule has 2 heterocycles. The molecule has 11 heteroatoms. The summed E-state index contributed by atoms with van der Waals surface area (Å²) in [5.41, 5.74) is 0.538. The lowest BCUT2D eigenvalue weighted by molar-refractivity contribution is -0.388. The van der Waals surface area contributed by atoms with Crippen LogP contribution in [-0.4, -0.2) is 65.4 Å². The van der Waals surface area contributed by atoms with Gasteiger partial charge >= 0.3 is 6.18 Å². The smallest absolute Gasteiger partial charge is 0.382 e. The molecule has 0 aliphatic carbocycles. The summed E-state index contributed by atoms with van der Waals surface area (Å²) in [7, 11) is 0. The first-order chi connectivity index (χ1) is 19.3. The Morgan fingerprint density at radius 2 is 1.44 bits per heavy atom. The molecule has 4 rings (SSSR count). The van der Waals surface area contributed by atoms with Gasteiger partial charge in [-0.2, -0.15) is 13.2 Å². The number of nitrogens with one attached hydrogen (secondary N) is 2. The Labute approximate surface area is 239 Å². The molecule has 2 aliphatic rings. The highest BCUT2D eigenvalue weighted by Gasteiger charge is 2.38. The van der Waals surface area contributed by atoms with E-state index in [1.54, 1.807) is 0 Å². The lowest BCUT2D eigenvalue weighted by Gasteiger charge is -2.35. The van der Waals surface area contributed by atoms with Gasteiger partial charge in [0.05, 0.1) is 4.92 Å². The predicted octanol–water partition coefficient (Wildman–Crippen LogP) is 6.28. The van der Waals surface area contributed by atoms with Crippen LogP contribution in [0.5, 0.6) is 0 Å². The fraction of sp³-hybridized carbons (Fsp3) is 0.567. The maximum absolute atomic E-state index is 13.3. The van der Waals surface area contributed by atoms with Gasteiger partial charge in [-0.05, 0) is 60.9 Å². The zero-order valence-corrected chi connectivity index (χ0v) is 24.0. The van der Waals surface area contributed by atoms with Crippen LogP contribution in [-0.2, 0) is 16.4 Å². The van der Waals surface area contributed by atoms with Gasteiger partial charge in [0.1, 0.15) is 5.56 Å². The zero-order chi connectivity index (χ0) is 29.8. The van der Waals surface area contributed by atoms with Crippen LogP contribution in [0.3, 0.4) is 0 Å². The number of piperidine rings is 2. The zero-order valence-electron chi connectivity index (χ0n) is 24.0. The minimum atomic E-state index is -4.82. The largest absolute Gasteiger partial charge is 0.423 e. The summed E-state index contributed by atoms with van der Waals surface area (Å²) in [5.74, 6) is 0.0948. The summed E-state index contributed by atoms with van der Waals surface area (Å²) in [6.45, 7) is 10.3. The number of amides is 1. The van der Waals surface area contributed by atoms with Gasteiger partial charge in [-0.25, -0.2) is 0 Å². The number of rotatable bonds is 8. The molecule has 8 nitrogen and oxygen atoms in total. The van der Waals surface area contributed by atoms with Gasteiger partial charge < -0.3 is 20.4 Å². The van der Waals surface area contributed by atoms with E-state index in [0.29, 0.717) is 44.9 Å². The van der Waals surface area contributed by atoms with Gasteiger partial charge in [0.15, 0.2) is 0 Å². The Bertz CT molecular complexity index is 1200. The maximum Gasteiger partial charge on any atom is 0.423 e. The molecule has 0 aromatic heterocycles. The monoisotopic (exact) mass is 575 g/mol. The number of benzene rings is 2. The third kappa shape index (κ3) is 8.34. The summed E-state index contributed by atoms with van der Waals surface area (Å²) in [6.07, 6.45) is -1.15. The van der Waals surface area contributed by atoms with Crippen molar-refractivity contribution in [2.75, 3.05) is 43.4 Å². The van der Waals surface area contributed by atoms with Crippen LogP contribution < -0.4 is 10.6 Å². The Hall–Kier alpha value is -3.34. The van der Waals surface area contributed by atoms with Crippen molar-refractivity contribution in [3.8, 4) is 0 Å². The second kappa shape index (κ2) is 12.7. The normalized spacial score (nSPS) is 17.9. The summed E-state index contributed by atoms with van der Waals surface area (Å²) >= 11 is 0. The molecule has 2 aromatic carbocycles. The number of nitrogens with zero attached hydrogens (tertiary/aromatic N) is 3. The van der Waals surface area contributed by atoms with Crippen LogP contribution in [0, 0.1) is 10.1 Å². The number of halogens is 3. The Morgan fingerprint density at radius 1 is 0.902 bits per heavy atom. The van der Waals surface area contributed by atoms with Gasteiger partial charge in [0.25, 0.3) is 5.69 Å². The molecule has 224 valence electrons. The van der Waals surface area contributed by atoms with Crippen molar-refractivity contribution in [2.24, 2.45) is 0 Å². The highest BCUT2D eigenvalue weighted by Crippen LogP contribution is 2.38. The standard InChI is InChI=1S/C30H40F3N5O3/c1-29(2,3)21-4-6-22(7-5-21)34-23-10-15-36(16-11-23)17-14-28(39)37-18-12-24(13-19-37)35-25-8-9-27(38(40)41)26(20-25)30(31,32)33/h4-9,20,23-24,34-35H,10-19H2,1-3H3. The van der Waals surface area contributed by atoms with E-state index in [4.69, 9.17) is 0 Å². The van der Waals surface area contributed by atoms with Crippen LogP contribution in [0.25, 0.3) is 0 Å². The molecular formula is C30H40F3N5O3. The first-order valence-electron chi connectivity index (χ1n) is 14.3. The van der Waals surface area contributed by atoms with Gasteiger partial charge in [-0.3, -0.25) is 14.9 Å². The number of hydrogen-bond donors (Lipinski definition) is 2. The number of hydrogen-bond acceptors (Lipinski definition) is 6. The number of carbonyl (C=O) groups excluding carboxylic acids is 1. The Kier molecular flexibility index (Phi) is 9.46. The van der Waals surface area contributed by atoms with Crippen LogP contribution in [0.15, 0.2) is 42.5 Å². The van der Waals surface area contributed by atoms with Crippen LogP contribution in [0.1, 0.15) is 64.0 Å². The molecule has 0 unspecified atom stereocenters. The van der Waals surface area contributed by atoms with Crippen molar-refractivity contribution < 1.29 is 22.9 Å². The molecule has 2 aliphatic heterocycles. The number of alkyl halides is 3. The second-order valence-corrected chi connectivity index (χ2v) is 12.1. The minimum absolute atomic E-state index is 0.0948. The minimum Gasteiger partial charge on any atom is -0.382 e. The molecule has 0 bridgehead atoms. The van der Waals surface area contributed by atoms with Crippen LogP contribution >= 0.6 is 0 Å². The summed E-state index contributed by atoms with van der Waals surface area (Å²) in [5, 5.41) is 17.7. The fourth-order valence-corrected chi connectivity index (χ4v) is 5.54. The van der Waals surface area contributed by atoms with E-state index in [1.165, 1.54) is 11.6 Å². The first kappa shape index (κ1) is 30.6. The molecule has 2 fully saturated rings. The van der Waals surface area contributed by atoms with E-state index in [9.17, 15) is 28.1 Å². The predicted molar refractivity (Wildman–Crippen MR) is 154 cm³/mol. The molecule has 41 heavy (non-hydrogen) atoms. The quantitative estimate of drug-likeness (QED) is 0.284. The highest BCUT2D eigenvalue weighted by molar-refractivity contribution is 5.76. The van der Waals surface area contributed by atoms with Gasteiger partial charge in [0, 0.05) is 68.7 Å².